The van der Waals surface area contributed by atoms with Crippen LogP contribution in [-0.2, 0) is 0 Å². The number of rotatable bonds is 3. The zero-order valence-electron chi connectivity index (χ0n) is 11.3. The molecule has 2 aromatic rings. The number of hydrogen-bond donors (Lipinski definition) is 2. The predicted octanol–water partition coefficient (Wildman–Crippen LogP) is 2.43. The van der Waals surface area contributed by atoms with Crippen LogP contribution >= 0.6 is 0 Å². The summed E-state index contributed by atoms with van der Waals surface area (Å²) in [4.78, 5) is 0. The molecule has 0 spiro atoms. The van der Waals surface area contributed by atoms with Crippen LogP contribution in [-0.4, -0.2) is 29.3 Å². The lowest BCUT2D eigenvalue weighted by Gasteiger charge is -2.29. The Hall–Kier alpha value is -1.68. The molecule has 1 aliphatic heterocycles. The molecule has 2 atom stereocenters. The third-order valence-corrected chi connectivity index (χ3v) is 3.97. The van der Waals surface area contributed by atoms with E-state index in [1.54, 1.807) is 0 Å². The first kappa shape index (κ1) is 12.4. The van der Waals surface area contributed by atoms with Crippen LogP contribution in [0, 0.1) is 5.92 Å². The molecule has 19 heavy (non-hydrogen) atoms. The van der Waals surface area contributed by atoms with Crippen molar-refractivity contribution in [2.45, 2.75) is 25.8 Å². The fourth-order valence-corrected chi connectivity index (χ4v) is 2.79. The van der Waals surface area contributed by atoms with Gasteiger partial charge in [-0.15, -0.1) is 0 Å². The Balaban J connectivity index is 1.80. The largest absolute Gasteiger partial charge is 0.380 e. The van der Waals surface area contributed by atoms with Gasteiger partial charge in [-0.1, -0.05) is 18.2 Å². The highest BCUT2D eigenvalue weighted by Crippen LogP contribution is 2.23. The molecule has 1 saturated heterocycles. The number of fused-ring (bicyclic) bond motifs is 1. The zero-order valence-corrected chi connectivity index (χ0v) is 11.3. The molecule has 1 fully saturated rings. The summed E-state index contributed by atoms with van der Waals surface area (Å²) in [5.41, 5.74) is 2.03. The molecule has 2 N–H and O–H groups in total. The Morgan fingerprint density at radius 2 is 2.26 bits per heavy atom. The topological polar surface area (TPSA) is 49.8 Å². The third kappa shape index (κ3) is 2.68. The van der Waals surface area contributed by atoms with Gasteiger partial charge in [0.25, 0.3) is 0 Å². The van der Waals surface area contributed by atoms with Crippen molar-refractivity contribution >= 4 is 16.6 Å². The molecule has 4 heteroatoms. The number of anilines is 1. The molecule has 2 heterocycles. The number of nitrogens with zero attached hydrogens (tertiary/aromatic N) is 2. The Morgan fingerprint density at radius 1 is 1.37 bits per heavy atom. The van der Waals surface area contributed by atoms with Crippen molar-refractivity contribution in [3.63, 3.8) is 0 Å². The maximum absolute atomic E-state index is 4.16. The highest BCUT2D eigenvalue weighted by Gasteiger charge is 2.20. The minimum Gasteiger partial charge on any atom is -0.380 e. The minimum absolute atomic E-state index is 0.445. The van der Waals surface area contributed by atoms with Gasteiger partial charge in [0.2, 0.25) is 0 Å². The molecule has 1 aliphatic rings. The van der Waals surface area contributed by atoms with Gasteiger partial charge in [-0.3, -0.25) is 0 Å². The third-order valence-electron chi connectivity index (χ3n) is 3.97. The monoisotopic (exact) mass is 256 g/mol. The highest BCUT2D eigenvalue weighted by molar-refractivity contribution is 5.90. The van der Waals surface area contributed by atoms with Gasteiger partial charge in [0.1, 0.15) is 0 Å². The summed E-state index contributed by atoms with van der Waals surface area (Å²) in [7, 11) is 0. The molecular formula is C15H20N4. The maximum Gasteiger partial charge on any atom is 0.0950 e. The van der Waals surface area contributed by atoms with Gasteiger partial charge >= 0.3 is 0 Å². The van der Waals surface area contributed by atoms with Gasteiger partial charge in [0.15, 0.2) is 0 Å². The number of nitrogens with one attached hydrogen (secondary N) is 2. The molecule has 4 nitrogen and oxygen atoms in total. The van der Waals surface area contributed by atoms with E-state index in [1.807, 2.05) is 24.4 Å². The summed E-state index contributed by atoms with van der Waals surface area (Å²) in [6.07, 6.45) is 4.39. The maximum atomic E-state index is 4.16. The summed E-state index contributed by atoms with van der Waals surface area (Å²) in [5.74, 6) is 0.681. The van der Waals surface area contributed by atoms with Crippen LogP contribution in [0.1, 0.15) is 19.8 Å². The second kappa shape index (κ2) is 5.53. The molecule has 1 aromatic carbocycles. The van der Waals surface area contributed by atoms with E-state index in [4.69, 9.17) is 0 Å². The smallest absolute Gasteiger partial charge is 0.0950 e. The van der Waals surface area contributed by atoms with E-state index in [9.17, 15) is 0 Å². The van der Waals surface area contributed by atoms with E-state index in [1.165, 1.54) is 12.8 Å². The quantitative estimate of drug-likeness (QED) is 0.885. The van der Waals surface area contributed by atoms with E-state index in [0.29, 0.717) is 12.0 Å². The Morgan fingerprint density at radius 3 is 3.11 bits per heavy atom. The molecular weight excluding hydrogens is 236 g/mol. The second-order valence-electron chi connectivity index (χ2n) is 5.31. The number of aromatic nitrogens is 2. The SMILES string of the molecule is CC(Nc1cnnc2ccccc12)C1CCCNC1. The van der Waals surface area contributed by atoms with Crippen molar-refractivity contribution in [2.24, 2.45) is 5.92 Å². The number of hydrogen-bond acceptors (Lipinski definition) is 4. The van der Waals surface area contributed by atoms with Crippen molar-refractivity contribution in [1.29, 1.82) is 0 Å². The first-order chi connectivity index (χ1) is 9.34. The van der Waals surface area contributed by atoms with Gasteiger partial charge in [0.05, 0.1) is 17.4 Å². The van der Waals surface area contributed by atoms with Crippen LogP contribution in [0.15, 0.2) is 30.5 Å². The van der Waals surface area contributed by atoms with Gasteiger partial charge in [-0.05, 0) is 44.8 Å². The van der Waals surface area contributed by atoms with Crippen molar-refractivity contribution in [2.75, 3.05) is 18.4 Å². The molecule has 100 valence electrons. The van der Waals surface area contributed by atoms with E-state index >= 15 is 0 Å². The Kier molecular flexibility index (Phi) is 3.60. The predicted molar refractivity (Wildman–Crippen MR) is 78.2 cm³/mol. The second-order valence-corrected chi connectivity index (χ2v) is 5.31. The highest BCUT2D eigenvalue weighted by atomic mass is 15.1. The van der Waals surface area contributed by atoms with Gasteiger partial charge in [0, 0.05) is 11.4 Å². The summed E-state index contributed by atoms with van der Waals surface area (Å²) in [5, 5.41) is 16.5. The lowest BCUT2D eigenvalue weighted by atomic mass is 9.92. The average Bonchev–Trinajstić information content (AvgIpc) is 2.48. The van der Waals surface area contributed by atoms with Crippen molar-refractivity contribution < 1.29 is 0 Å². The standard InChI is InChI=1S/C15H20N4/c1-11(12-5-4-8-16-9-12)18-15-10-17-19-14-7-3-2-6-13(14)15/h2-3,6-7,10-12,16H,4-5,8-9H2,1H3,(H,18,19). The van der Waals surface area contributed by atoms with Crippen molar-refractivity contribution in [3.8, 4) is 0 Å². The molecule has 0 saturated carbocycles. The average molecular weight is 256 g/mol. The fraction of sp³-hybridized carbons (Fsp3) is 0.467. The molecule has 3 rings (SSSR count). The summed E-state index contributed by atoms with van der Waals surface area (Å²) >= 11 is 0. The molecule has 1 aromatic heterocycles. The summed E-state index contributed by atoms with van der Waals surface area (Å²) in [6.45, 7) is 4.51. The molecule has 0 radical (unpaired) electrons. The first-order valence-electron chi connectivity index (χ1n) is 7.02. The number of benzene rings is 1. The van der Waals surface area contributed by atoms with Crippen molar-refractivity contribution in [1.82, 2.24) is 15.5 Å². The van der Waals surface area contributed by atoms with E-state index < -0.39 is 0 Å². The Labute approximate surface area is 113 Å². The van der Waals surface area contributed by atoms with Crippen molar-refractivity contribution in [3.05, 3.63) is 30.5 Å². The fourth-order valence-electron chi connectivity index (χ4n) is 2.79. The van der Waals surface area contributed by atoms with E-state index in [0.717, 1.165) is 29.7 Å². The molecule has 2 unspecified atom stereocenters. The summed E-state index contributed by atoms with van der Waals surface area (Å²) < 4.78 is 0. The van der Waals surface area contributed by atoms with Gasteiger partial charge in [-0.2, -0.15) is 10.2 Å². The van der Waals surface area contributed by atoms with E-state index in [-0.39, 0.29) is 0 Å². The number of piperidine rings is 1. The lowest BCUT2D eigenvalue weighted by Crippen LogP contribution is -2.38. The molecule has 0 amide bonds. The molecule has 0 bridgehead atoms. The van der Waals surface area contributed by atoms with Crippen LogP contribution in [0.5, 0.6) is 0 Å². The van der Waals surface area contributed by atoms with Crippen LogP contribution in [0.4, 0.5) is 5.69 Å². The van der Waals surface area contributed by atoms with Crippen LogP contribution < -0.4 is 10.6 Å². The van der Waals surface area contributed by atoms with Crippen LogP contribution in [0.25, 0.3) is 10.9 Å². The summed E-state index contributed by atoms with van der Waals surface area (Å²) in [6, 6.07) is 8.58. The molecule has 0 aliphatic carbocycles. The first-order valence-corrected chi connectivity index (χ1v) is 7.02. The van der Waals surface area contributed by atoms with Gasteiger partial charge in [-0.25, -0.2) is 0 Å². The zero-order chi connectivity index (χ0) is 13.1. The van der Waals surface area contributed by atoms with E-state index in [2.05, 4.69) is 33.8 Å². The normalized spacial score (nSPS) is 21.2. The van der Waals surface area contributed by atoms with Crippen LogP contribution in [0.2, 0.25) is 0 Å². The minimum atomic E-state index is 0.445. The van der Waals surface area contributed by atoms with Crippen LogP contribution in [0.3, 0.4) is 0 Å². The Bertz CT molecular complexity index is 543. The van der Waals surface area contributed by atoms with Gasteiger partial charge < -0.3 is 10.6 Å². The lowest BCUT2D eigenvalue weighted by molar-refractivity contribution is 0.347.